The predicted octanol–water partition coefficient (Wildman–Crippen LogP) is 2.46. The number of piperidine rings is 1. The maximum atomic E-state index is 12.9. The summed E-state index contributed by atoms with van der Waals surface area (Å²) in [6.07, 6.45) is 1.05. The Morgan fingerprint density at radius 1 is 1.39 bits per heavy atom. The Kier molecular flexibility index (Phi) is 5.44. The number of nitrogens with zero attached hydrogens (tertiary/aromatic N) is 3. The van der Waals surface area contributed by atoms with Gasteiger partial charge in [-0.15, -0.1) is 0 Å². The molecule has 1 aliphatic rings. The summed E-state index contributed by atoms with van der Waals surface area (Å²) < 4.78 is 0. The summed E-state index contributed by atoms with van der Waals surface area (Å²) in [4.78, 5) is 38.8. The van der Waals surface area contributed by atoms with Crippen LogP contribution in [0, 0.1) is 27.4 Å². The maximum absolute atomic E-state index is 12.9. The number of likely N-dealkylation sites (tertiary alicyclic amines) is 1. The molecule has 3 N–H and O–H groups in total. The smallest absolute Gasteiger partial charge is 0.404 e. The van der Waals surface area contributed by atoms with Crippen molar-refractivity contribution in [3.8, 4) is 6.07 Å². The normalized spacial score (nSPS) is 14.6. The molecular weight excluding hydrogens is 366 g/mol. The topological polar surface area (TPSA) is 152 Å². The van der Waals surface area contributed by atoms with E-state index in [1.165, 1.54) is 18.2 Å². The van der Waals surface area contributed by atoms with Crippen molar-refractivity contribution in [1.82, 2.24) is 15.2 Å². The Bertz CT molecular complexity index is 969. The lowest BCUT2D eigenvalue weighted by Gasteiger charge is -2.31. The molecule has 0 radical (unpaired) electrons. The van der Waals surface area contributed by atoms with Crippen molar-refractivity contribution in [2.24, 2.45) is 5.92 Å². The maximum Gasteiger partial charge on any atom is 0.404 e. The molecule has 0 spiro atoms. The van der Waals surface area contributed by atoms with Gasteiger partial charge < -0.3 is 20.3 Å². The van der Waals surface area contributed by atoms with Crippen LogP contribution < -0.4 is 5.32 Å². The molecule has 0 aliphatic carbocycles. The molecule has 10 nitrogen and oxygen atoms in total. The second kappa shape index (κ2) is 7.96. The van der Waals surface area contributed by atoms with Gasteiger partial charge in [0.15, 0.2) is 5.69 Å². The van der Waals surface area contributed by atoms with E-state index in [1.807, 2.05) is 6.07 Å². The summed E-state index contributed by atoms with van der Waals surface area (Å²) in [5.41, 5.74) is 0.362. The van der Waals surface area contributed by atoms with Gasteiger partial charge in [0.2, 0.25) is 0 Å². The Morgan fingerprint density at radius 2 is 2.11 bits per heavy atom. The molecule has 0 bridgehead atoms. The van der Waals surface area contributed by atoms with Crippen molar-refractivity contribution in [1.29, 1.82) is 5.26 Å². The molecule has 0 atom stereocenters. The van der Waals surface area contributed by atoms with Gasteiger partial charge in [-0.3, -0.25) is 14.9 Å². The minimum absolute atomic E-state index is 0.0823. The number of carboxylic acid groups (broad SMARTS) is 1. The molecule has 2 aromatic rings. The molecule has 1 aromatic carbocycles. The van der Waals surface area contributed by atoms with Gasteiger partial charge in [-0.25, -0.2) is 4.79 Å². The molecule has 0 saturated carbocycles. The number of hydrogen-bond acceptors (Lipinski definition) is 5. The number of amides is 2. The summed E-state index contributed by atoms with van der Waals surface area (Å²) in [6.45, 7) is 1.27. The molecular formula is C18H19N5O5. The van der Waals surface area contributed by atoms with Crippen LogP contribution in [0.1, 0.15) is 35.3 Å². The van der Waals surface area contributed by atoms with Gasteiger partial charge >= 0.3 is 11.8 Å². The average molecular weight is 385 g/mol. The van der Waals surface area contributed by atoms with Crippen LogP contribution in [-0.4, -0.2) is 51.5 Å². The minimum atomic E-state index is -1.06. The third-order valence-corrected chi connectivity index (χ3v) is 5.03. The van der Waals surface area contributed by atoms with Gasteiger partial charge in [0.25, 0.3) is 5.91 Å². The molecule has 3 rings (SSSR count). The van der Waals surface area contributed by atoms with Crippen molar-refractivity contribution in [3.05, 3.63) is 39.6 Å². The second-order valence-corrected chi connectivity index (χ2v) is 6.73. The first-order valence-corrected chi connectivity index (χ1v) is 8.87. The number of hydrogen-bond donors (Lipinski definition) is 3. The van der Waals surface area contributed by atoms with Crippen LogP contribution in [0.5, 0.6) is 0 Å². The quantitative estimate of drug-likeness (QED) is 0.531. The van der Waals surface area contributed by atoms with Crippen molar-refractivity contribution in [3.63, 3.8) is 0 Å². The van der Waals surface area contributed by atoms with E-state index in [1.54, 1.807) is 4.90 Å². The Hall–Kier alpha value is -3.61. The van der Waals surface area contributed by atoms with Gasteiger partial charge in [-0.05, 0) is 43.4 Å². The standard InChI is InChI=1S/C18H19N5O5/c19-10-12-1-2-13-14(9-12)21-15(16(13)23(27)28)17(24)22-7-4-11(5-8-22)3-6-20-18(25)26/h1-2,9,11,20-21H,3-8H2,(H,25,26). The van der Waals surface area contributed by atoms with E-state index < -0.39 is 16.9 Å². The van der Waals surface area contributed by atoms with Gasteiger partial charge in [0, 0.05) is 19.6 Å². The van der Waals surface area contributed by atoms with Crippen LogP contribution in [0.3, 0.4) is 0 Å². The zero-order chi connectivity index (χ0) is 20.3. The Labute approximate surface area is 159 Å². The molecule has 1 fully saturated rings. The summed E-state index contributed by atoms with van der Waals surface area (Å²) in [6, 6.07) is 6.41. The van der Waals surface area contributed by atoms with Crippen LogP contribution >= 0.6 is 0 Å². The number of nitriles is 1. The zero-order valence-corrected chi connectivity index (χ0v) is 15.0. The van der Waals surface area contributed by atoms with E-state index >= 15 is 0 Å². The number of rotatable bonds is 5. The number of nitro groups is 1. The van der Waals surface area contributed by atoms with Crippen molar-refractivity contribution >= 4 is 28.6 Å². The molecule has 0 unspecified atom stereocenters. The number of fused-ring (bicyclic) bond motifs is 1. The lowest BCUT2D eigenvalue weighted by atomic mass is 9.93. The average Bonchev–Trinajstić information content (AvgIpc) is 3.06. The lowest BCUT2D eigenvalue weighted by molar-refractivity contribution is -0.383. The van der Waals surface area contributed by atoms with Gasteiger partial charge in [-0.1, -0.05) is 0 Å². The third kappa shape index (κ3) is 3.88. The first kappa shape index (κ1) is 19.2. The van der Waals surface area contributed by atoms with Crippen LogP contribution in [0.2, 0.25) is 0 Å². The second-order valence-electron chi connectivity index (χ2n) is 6.73. The highest BCUT2D eigenvalue weighted by Gasteiger charge is 2.32. The lowest BCUT2D eigenvalue weighted by Crippen LogP contribution is -2.39. The fraction of sp³-hybridized carbons (Fsp3) is 0.389. The fourth-order valence-electron chi connectivity index (χ4n) is 3.56. The first-order valence-electron chi connectivity index (χ1n) is 8.87. The van der Waals surface area contributed by atoms with Crippen LogP contribution in [0.15, 0.2) is 18.2 Å². The SMILES string of the molecule is N#Cc1ccc2c([N+](=O)[O-])c(C(=O)N3CCC(CCNC(=O)O)CC3)[nH]c2c1. The van der Waals surface area contributed by atoms with Crippen molar-refractivity contribution in [2.45, 2.75) is 19.3 Å². The summed E-state index contributed by atoms with van der Waals surface area (Å²) in [5, 5.41) is 31.8. The number of carbonyl (C=O) groups is 2. The highest BCUT2D eigenvalue weighted by molar-refractivity contribution is 6.05. The Morgan fingerprint density at radius 3 is 2.71 bits per heavy atom. The molecule has 2 amide bonds. The van der Waals surface area contributed by atoms with E-state index in [0.29, 0.717) is 61.3 Å². The minimum Gasteiger partial charge on any atom is -0.465 e. The number of carbonyl (C=O) groups excluding carboxylic acids is 1. The molecule has 10 heteroatoms. The molecule has 28 heavy (non-hydrogen) atoms. The van der Waals surface area contributed by atoms with Crippen molar-refractivity contribution in [2.75, 3.05) is 19.6 Å². The first-order chi connectivity index (χ1) is 13.4. The number of H-pyrrole nitrogens is 1. The van der Waals surface area contributed by atoms with E-state index in [-0.39, 0.29) is 11.4 Å². The summed E-state index contributed by atoms with van der Waals surface area (Å²) >= 11 is 0. The number of nitrogens with one attached hydrogen (secondary N) is 2. The number of aromatic nitrogens is 1. The number of aromatic amines is 1. The van der Waals surface area contributed by atoms with E-state index in [2.05, 4.69) is 10.3 Å². The zero-order valence-electron chi connectivity index (χ0n) is 15.0. The van der Waals surface area contributed by atoms with Crippen molar-refractivity contribution < 1.29 is 19.6 Å². The third-order valence-electron chi connectivity index (χ3n) is 5.03. The Balaban J connectivity index is 1.75. The van der Waals surface area contributed by atoms with E-state index in [4.69, 9.17) is 10.4 Å². The van der Waals surface area contributed by atoms with E-state index in [9.17, 15) is 19.7 Å². The molecule has 2 heterocycles. The summed E-state index contributed by atoms with van der Waals surface area (Å²) in [5.74, 6) is -0.143. The number of benzene rings is 1. The molecule has 1 saturated heterocycles. The molecule has 1 aromatic heterocycles. The van der Waals surface area contributed by atoms with Gasteiger partial charge in [0.05, 0.1) is 27.5 Å². The monoisotopic (exact) mass is 385 g/mol. The van der Waals surface area contributed by atoms with Gasteiger partial charge in [0.1, 0.15) is 0 Å². The molecule has 146 valence electrons. The van der Waals surface area contributed by atoms with Crippen LogP contribution in [0.4, 0.5) is 10.5 Å². The van der Waals surface area contributed by atoms with Crippen LogP contribution in [-0.2, 0) is 0 Å². The molecule has 1 aliphatic heterocycles. The predicted molar refractivity (Wildman–Crippen MR) is 98.9 cm³/mol. The summed E-state index contributed by atoms with van der Waals surface area (Å²) in [7, 11) is 0. The largest absolute Gasteiger partial charge is 0.465 e. The van der Waals surface area contributed by atoms with E-state index in [0.717, 1.165) is 0 Å². The van der Waals surface area contributed by atoms with Gasteiger partial charge in [-0.2, -0.15) is 5.26 Å². The van der Waals surface area contributed by atoms with Crippen LogP contribution in [0.25, 0.3) is 10.9 Å². The highest BCUT2D eigenvalue weighted by Crippen LogP contribution is 2.32. The highest BCUT2D eigenvalue weighted by atomic mass is 16.6. The fourth-order valence-corrected chi connectivity index (χ4v) is 3.56.